The fourth-order valence-electron chi connectivity index (χ4n) is 1.50. The highest BCUT2D eigenvalue weighted by Gasteiger charge is 2.10. The van der Waals surface area contributed by atoms with Crippen LogP contribution in [0.15, 0.2) is 18.2 Å². The molecule has 1 aromatic rings. The quantitative estimate of drug-likeness (QED) is 0.604. The second-order valence-corrected chi connectivity index (χ2v) is 3.85. The number of rotatable bonds is 6. The van der Waals surface area contributed by atoms with Crippen LogP contribution in [0.2, 0.25) is 0 Å². The predicted octanol–water partition coefficient (Wildman–Crippen LogP) is 2.90. The number of benzene rings is 1. The van der Waals surface area contributed by atoms with Crippen molar-refractivity contribution in [3.05, 3.63) is 29.6 Å². The third-order valence-corrected chi connectivity index (χ3v) is 2.60. The molecule has 0 aliphatic rings. The maximum absolute atomic E-state index is 13.2. The van der Waals surface area contributed by atoms with Gasteiger partial charge in [-0.05, 0) is 26.5 Å². The first-order valence-corrected chi connectivity index (χ1v) is 5.72. The van der Waals surface area contributed by atoms with Crippen LogP contribution in [0, 0.1) is 18.2 Å². The van der Waals surface area contributed by atoms with Gasteiger partial charge in [0.25, 0.3) is 0 Å². The van der Waals surface area contributed by atoms with Crippen molar-refractivity contribution in [1.82, 2.24) is 5.32 Å². The molecule has 0 aliphatic carbocycles. The van der Waals surface area contributed by atoms with Crippen LogP contribution in [0.1, 0.15) is 31.4 Å². The summed E-state index contributed by atoms with van der Waals surface area (Å²) in [6.07, 6.45) is 6.61. The first kappa shape index (κ1) is 13.5. The van der Waals surface area contributed by atoms with E-state index in [0.29, 0.717) is 18.8 Å². The molecule has 0 spiro atoms. The molecule has 1 unspecified atom stereocenters. The Labute approximate surface area is 102 Å². The van der Waals surface area contributed by atoms with Gasteiger partial charge < -0.3 is 10.1 Å². The number of nitrogens with one attached hydrogen (secondary N) is 1. The number of hydrogen-bond acceptors (Lipinski definition) is 2. The molecule has 1 aromatic carbocycles. The van der Waals surface area contributed by atoms with Crippen molar-refractivity contribution in [1.29, 1.82) is 0 Å². The molecule has 0 saturated carbocycles. The summed E-state index contributed by atoms with van der Waals surface area (Å²) >= 11 is 0. The number of unbranched alkanes of at least 4 members (excludes halogenated alkanes) is 1. The molecule has 0 aliphatic heterocycles. The smallest absolute Gasteiger partial charge is 0.126 e. The van der Waals surface area contributed by atoms with Crippen LogP contribution in [0.5, 0.6) is 5.75 Å². The molecule has 1 rings (SSSR count). The van der Waals surface area contributed by atoms with Crippen LogP contribution in [0.25, 0.3) is 0 Å². The number of terminal acetylenes is 1. The number of hydrogen-bond donors (Lipinski definition) is 1. The number of halogens is 1. The summed E-state index contributed by atoms with van der Waals surface area (Å²) < 4.78 is 18.7. The Morgan fingerprint density at radius 2 is 2.29 bits per heavy atom. The van der Waals surface area contributed by atoms with Crippen molar-refractivity contribution in [3.8, 4) is 18.1 Å². The summed E-state index contributed by atoms with van der Waals surface area (Å²) in [5.41, 5.74) is 0.953. The standard InChI is InChI=1S/C14H18FNO/c1-4-5-6-9-17-14-10-12(15)7-8-13(14)11(2)16-3/h1,7-8,10-11,16H,5-6,9H2,2-3H3. The molecule has 0 amide bonds. The molecule has 3 heteroatoms. The van der Waals surface area contributed by atoms with E-state index in [0.717, 1.165) is 12.0 Å². The van der Waals surface area contributed by atoms with Crippen molar-refractivity contribution in [2.45, 2.75) is 25.8 Å². The molecule has 17 heavy (non-hydrogen) atoms. The molecule has 1 atom stereocenters. The molecular weight excluding hydrogens is 217 g/mol. The summed E-state index contributed by atoms with van der Waals surface area (Å²) in [5.74, 6) is 2.85. The van der Waals surface area contributed by atoms with Crippen molar-refractivity contribution >= 4 is 0 Å². The van der Waals surface area contributed by atoms with E-state index in [9.17, 15) is 4.39 Å². The largest absolute Gasteiger partial charge is 0.493 e. The highest BCUT2D eigenvalue weighted by molar-refractivity contribution is 5.36. The van der Waals surface area contributed by atoms with Gasteiger partial charge in [0.05, 0.1) is 6.61 Å². The molecule has 1 N–H and O–H groups in total. The highest BCUT2D eigenvalue weighted by Crippen LogP contribution is 2.26. The maximum Gasteiger partial charge on any atom is 0.126 e. The summed E-state index contributed by atoms with van der Waals surface area (Å²) in [5, 5.41) is 3.11. The first-order chi connectivity index (χ1) is 8.19. The number of ether oxygens (including phenoxy) is 1. The van der Waals surface area contributed by atoms with E-state index in [4.69, 9.17) is 11.2 Å². The normalized spacial score (nSPS) is 11.9. The zero-order chi connectivity index (χ0) is 12.7. The predicted molar refractivity (Wildman–Crippen MR) is 67.4 cm³/mol. The van der Waals surface area contributed by atoms with Gasteiger partial charge in [-0.3, -0.25) is 0 Å². The molecule has 92 valence electrons. The second kappa shape index (κ2) is 6.93. The monoisotopic (exact) mass is 235 g/mol. The van der Waals surface area contributed by atoms with Gasteiger partial charge in [-0.1, -0.05) is 6.07 Å². The van der Waals surface area contributed by atoms with E-state index < -0.39 is 0 Å². The molecule has 0 bridgehead atoms. The van der Waals surface area contributed by atoms with Crippen LogP contribution in [-0.4, -0.2) is 13.7 Å². The second-order valence-electron chi connectivity index (χ2n) is 3.85. The van der Waals surface area contributed by atoms with Crippen LogP contribution in [0.4, 0.5) is 4.39 Å². The van der Waals surface area contributed by atoms with E-state index >= 15 is 0 Å². The lowest BCUT2D eigenvalue weighted by Crippen LogP contribution is -2.14. The third-order valence-electron chi connectivity index (χ3n) is 2.60. The summed E-state index contributed by atoms with van der Waals surface area (Å²) in [6.45, 7) is 2.51. The van der Waals surface area contributed by atoms with E-state index in [2.05, 4.69) is 11.2 Å². The van der Waals surface area contributed by atoms with Gasteiger partial charge in [-0.15, -0.1) is 12.3 Å². The van der Waals surface area contributed by atoms with Gasteiger partial charge >= 0.3 is 0 Å². The van der Waals surface area contributed by atoms with Gasteiger partial charge in [0, 0.05) is 24.1 Å². The third kappa shape index (κ3) is 4.08. The van der Waals surface area contributed by atoms with Crippen molar-refractivity contribution in [2.75, 3.05) is 13.7 Å². The minimum absolute atomic E-state index is 0.123. The minimum Gasteiger partial charge on any atom is -0.493 e. The Kier molecular flexibility index (Phi) is 5.51. The van der Waals surface area contributed by atoms with Crippen molar-refractivity contribution < 1.29 is 9.13 Å². The van der Waals surface area contributed by atoms with Gasteiger partial charge in [-0.2, -0.15) is 0 Å². The van der Waals surface area contributed by atoms with E-state index in [-0.39, 0.29) is 11.9 Å². The SMILES string of the molecule is C#CCCCOc1cc(F)ccc1C(C)NC. The Bertz CT molecular complexity index is 398. The fraction of sp³-hybridized carbons (Fsp3) is 0.429. The maximum atomic E-state index is 13.2. The fourth-order valence-corrected chi connectivity index (χ4v) is 1.50. The van der Waals surface area contributed by atoms with Gasteiger partial charge in [0.2, 0.25) is 0 Å². The Morgan fingerprint density at radius 3 is 2.94 bits per heavy atom. The molecule has 0 aromatic heterocycles. The van der Waals surface area contributed by atoms with E-state index in [1.807, 2.05) is 14.0 Å². The Balaban J connectivity index is 2.74. The lowest BCUT2D eigenvalue weighted by Gasteiger charge is -2.16. The topological polar surface area (TPSA) is 21.3 Å². The molecule has 2 nitrogen and oxygen atoms in total. The van der Waals surface area contributed by atoms with Gasteiger partial charge in [0.1, 0.15) is 11.6 Å². The zero-order valence-electron chi connectivity index (χ0n) is 10.3. The molecule has 0 heterocycles. The van der Waals surface area contributed by atoms with Gasteiger partial charge in [0.15, 0.2) is 0 Å². The average molecular weight is 235 g/mol. The summed E-state index contributed by atoms with van der Waals surface area (Å²) in [6, 6.07) is 4.72. The molecule has 0 saturated heterocycles. The minimum atomic E-state index is -0.288. The summed E-state index contributed by atoms with van der Waals surface area (Å²) in [4.78, 5) is 0. The van der Waals surface area contributed by atoms with Crippen molar-refractivity contribution in [3.63, 3.8) is 0 Å². The highest BCUT2D eigenvalue weighted by atomic mass is 19.1. The van der Waals surface area contributed by atoms with E-state index in [1.54, 1.807) is 6.07 Å². The lowest BCUT2D eigenvalue weighted by atomic mass is 10.1. The van der Waals surface area contributed by atoms with E-state index in [1.165, 1.54) is 12.1 Å². The van der Waals surface area contributed by atoms with Crippen LogP contribution in [0.3, 0.4) is 0 Å². The lowest BCUT2D eigenvalue weighted by molar-refractivity contribution is 0.305. The first-order valence-electron chi connectivity index (χ1n) is 5.72. The van der Waals surface area contributed by atoms with Crippen molar-refractivity contribution in [2.24, 2.45) is 0 Å². The molecule has 0 fully saturated rings. The van der Waals surface area contributed by atoms with Crippen LogP contribution < -0.4 is 10.1 Å². The Hall–Kier alpha value is -1.53. The van der Waals surface area contributed by atoms with Crippen LogP contribution in [-0.2, 0) is 0 Å². The zero-order valence-corrected chi connectivity index (χ0v) is 10.3. The van der Waals surface area contributed by atoms with Crippen LogP contribution >= 0.6 is 0 Å². The molecular formula is C14H18FNO. The van der Waals surface area contributed by atoms with Gasteiger partial charge in [-0.25, -0.2) is 4.39 Å². The summed E-state index contributed by atoms with van der Waals surface area (Å²) in [7, 11) is 1.86. The average Bonchev–Trinajstić information content (AvgIpc) is 2.34. The Morgan fingerprint density at radius 1 is 1.53 bits per heavy atom. The molecule has 0 radical (unpaired) electrons.